The van der Waals surface area contributed by atoms with Gasteiger partial charge in [-0.05, 0) is 18.6 Å². The van der Waals surface area contributed by atoms with Crippen LogP contribution in [0.15, 0.2) is 28.5 Å². The SMILES string of the molecule is CC(N)C1=CS(=O)(=O)c2c(F)cccc21. The van der Waals surface area contributed by atoms with E-state index in [0.717, 1.165) is 11.5 Å². The smallest absolute Gasteiger partial charge is 0.203 e. The molecule has 1 atom stereocenters. The van der Waals surface area contributed by atoms with Crippen LogP contribution in [-0.2, 0) is 9.84 Å². The first-order chi connectivity index (χ1) is 6.93. The summed E-state index contributed by atoms with van der Waals surface area (Å²) in [5.74, 6) is -0.723. The quantitative estimate of drug-likeness (QED) is 0.786. The van der Waals surface area contributed by atoms with Crippen LogP contribution in [0.4, 0.5) is 4.39 Å². The van der Waals surface area contributed by atoms with E-state index >= 15 is 0 Å². The zero-order valence-corrected chi connectivity index (χ0v) is 8.88. The Kier molecular flexibility index (Phi) is 2.17. The predicted octanol–water partition coefficient (Wildman–Crippen LogP) is 1.30. The highest BCUT2D eigenvalue weighted by atomic mass is 32.2. The number of fused-ring (bicyclic) bond motifs is 1. The van der Waals surface area contributed by atoms with E-state index in [-0.39, 0.29) is 4.90 Å². The summed E-state index contributed by atoms with van der Waals surface area (Å²) in [7, 11) is -3.65. The number of hydrogen-bond donors (Lipinski definition) is 1. The van der Waals surface area contributed by atoms with Gasteiger partial charge in [-0.1, -0.05) is 12.1 Å². The number of hydrogen-bond acceptors (Lipinski definition) is 3. The molecule has 1 aliphatic rings. The lowest BCUT2D eigenvalue weighted by atomic mass is 10.0. The van der Waals surface area contributed by atoms with Crippen LogP contribution in [0.3, 0.4) is 0 Å². The average Bonchev–Trinajstić information content (AvgIpc) is 2.39. The zero-order chi connectivity index (χ0) is 11.2. The Hall–Kier alpha value is -1.20. The summed E-state index contributed by atoms with van der Waals surface area (Å²) in [4.78, 5) is -0.252. The minimum absolute atomic E-state index is 0.252. The van der Waals surface area contributed by atoms with Crippen molar-refractivity contribution in [2.24, 2.45) is 5.73 Å². The van der Waals surface area contributed by atoms with Gasteiger partial charge in [0.1, 0.15) is 10.7 Å². The lowest BCUT2D eigenvalue weighted by molar-refractivity contribution is 0.573. The Bertz CT molecular complexity index is 547. The Morgan fingerprint density at radius 2 is 2.07 bits per heavy atom. The first kappa shape index (κ1) is 10.3. The van der Waals surface area contributed by atoms with E-state index in [9.17, 15) is 12.8 Å². The van der Waals surface area contributed by atoms with Gasteiger partial charge in [-0.15, -0.1) is 0 Å². The molecule has 15 heavy (non-hydrogen) atoms. The van der Waals surface area contributed by atoms with E-state index in [1.807, 2.05) is 0 Å². The molecule has 0 aromatic heterocycles. The summed E-state index contributed by atoms with van der Waals surface area (Å²) in [5, 5.41) is 1.05. The van der Waals surface area contributed by atoms with Crippen molar-refractivity contribution in [2.75, 3.05) is 0 Å². The topological polar surface area (TPSA) is 60.2 Å². The Balaban J connectivity index is 2.79. The standard InChI is InChI=1S/C10H10FNO2S/c1-6(12)8-5-15(13,14)10-7(8)3-2-4-9(10)11/h2-6H,12H2,1H3. The number of benzene rings is 1. The lowest BCUT2D eigenvalue weighted by Crippen LogP contribution is -2.16. The van der Waals surface area contributed by atoms with Crippen LogP contribution >= 0.6 is 0 Å². The van der Waals surface area contributed by atoms with Crippen LogP contribution in [0.5, 0.6) is 0 Å². The maximum absolute atomic E-state index is 13.4. The summed E-state index contributed by atoms with van der Waals surface area (Å²) < 4.78 is 36.6. The molecule has 0 aliphatic carbocycles. The molecule has 1 aromatic carbocycles. The molecule has 0 amide bonds. The van der Waals surface area contributed by atoms with Gasteiger partial charge >= 0.3 is 0 Å². The van der Waals surface area contributed by atoms with Gasteiger partial charge in [0.2, 0.25) is 9.84 Å². The fraction of sp³-hybridized carbons (Fsp3) is 0.200. The van der Waals surface area contributed by atoms with Gasteiger partial charge in [-0.3, -0.25) is 0 Å². The molecule has 5 heteroatoms. The molecule has 0 saturated carbocycles. The van der Waals surface area contributed by atoms with E-state index in [2.05, 4.69) is 0 Å². The molecule has 0 fully saturated rings. The number of nitrogens with two attached hydrogens (primary N) is 1. The van der Waals surface area contributed by atoms with Crippen LogP contribution in [-0.4, -0.2) is 14.5 Å². The minimum Gasteiger partial charge on any atom is -0.324 e. The second-order valence-electron chi connectivity index (χ2n) is 3.52. The van der Waals surface area contributed by atoms with Gasteiger partial charge in [0.25, 0.3) is 0 Å². The first-order valence-corrected chi connectivity index (χ1v) is 5.99. The van der Waals surface area contributed by atoms with Crippen LogP contribution in [0.2, 0.25) is 0 Å². The molecule has 2 N–H and O–H groups in total. The van der Waals surface area contributed by atoms with Gasteiger partial charge in [0.05, 0.1) is 0 Å². The highest BCUT2D eigenvalue weighted by Crippen LogP contribution is 2.36. The van der Waals surface area contributed by atoms with Gasteiger partial charge in [0, 0.05) is 17.0 Å². The molecule has 0 spiro atoms. The van der Waals surface area contributed by atoms with Gasteiger partial charge in [-0.25, -0.2) is 12.8 Å². The average molecular weight is 227 g/mol. The molecule has 3 nitrogen and oxygen atoms in total. The normalized spacial score (nSPS) is 19.5. The molecule has 1 aliphatic heterocycles. The van der Waals surface area contributed by atoms with Crippen LogP contribution in [0.25, 0.3) is 5.57 Å². The Morgan fingerprint density at radius 1 is 1.40 bits per heavy atom. The Morgan fingerprint density at radius 3 is 2.67 bits per heavy atom. The van der Waals surface area contributed by atoms with E-state index < -0.39 is 21.7 Å². The zero-order valence-electron chi connectivity index (χ0n) is 8.07. The number of halogens is 1. The highest BCUT2D eigenvalue weighted by Gasteiger charge is 2.31. The van der Waals surface area contributed by atoms with Crippen molar-refractivity contribution in [1.82, 2.24) is 0 Å². The third-order valence-corrected chi connectivity index (χ3v) is 3.88. The van der Waals surface area contributed by atoms with Crippen molar-refractivity contribution < 1.29 is 12.8 Å². The second-order valence-corrected chi connectivity index (χ2v) is 5.26. The van der Waals surface area contributed by atoms with Gasteiger partial charge in [-0.2, -0.15) is 0 Å². The van der Waals surface area contributed by atoms with Crippen molar-refractivity contribution in [3.63, 3.8) is 0 Å². The molecule has 80 valence electrons. The minimum atomic E-state index is -3.65. The number of sulfone groups is 1. The molecule has 1 unspecified atom stereocenters. The van der Waals surface area contributed by atoms with Crippen LogP contribution < -0.4 is 5.73 Å². The van der Waals surface area contributed by atoms with E-state index in [0.29, 0.717) is 11.1 Å². The monoisotopic (exact) mass is 227 g/mol. The summed E-state index contributed by atoms with van der Waals surface area (Å²) >= 11 is 0. The van der Waals surface area contributed by atoms with E-state index in [1.165, 1.54) is 6.07 Å². The van der Waals surface area contributed by atoms with Crippen LogP contribution in [0, 0.1) is 5.82 Å². The molecule has 0 radical (unpaired) electrons. The molecular weight excluding hydrogens is 217 g/mol. The first-order valence-electron chi connectivity index (χ1n) is 4.44. The molecule has 2 rings (SSSR count). The molecule has 1 heterocycles. The van der Waals surface area contributed by atoms with Crippen molar-refractivity contribution >= 4 is 15.4 Å². The van der Waals surface area contributed by atoms with Crippen LogP contribution in [0.1, 0.15) is 12.5 Å². The maximum Gasteiger partial charge on any atom is 0.203 e. The largest absolute Gasteiger partial charge is 0.324 e. The molecule has 0 saturated heterocycles. The lowest BCUT2D eigenvalue weighted by Gasteiger charge is -2.07. The van der Waals surface area contributed by atoms with Crippen molar-refractivity contribution in [3.8, 4) is 0 Å². The molecular formula is C10H10FNO2S. The fourth-order valence-corrected chi connectivity index (χ4v) is 3.29. The summed E-state index contributed by atoms with van der Waals surface area (Å²) in [6, 6.07) is 3.75. The van der Waals surface area contributed by atoms with Crippen molar-refractivity contribution in [2.45, 2.75) is 17.9 Å². The van der Waals surface area contributed by atoms with Crippen molar-refractivity contribution in [3.05, 3.63) is 35.0 Å². The maximum atomic E-state index is 13.4. The summed E-state index contributed by atoms with van der Waals surface area (Å²) in [6.07, 6.45) is 0. The third kappa shape index (κ3) is 1.48. The van der Waals surface area contributed by atoms with E-state index in [4.69, 9.17) is 5.73 Å². The van der Waals surface area contributed by atoms with Crippen molar-refractivity contribution in [1.29, 1.82) is 0 Å². The Labute approximate surface area is 87.3 Å². The predicted molar refractivity (Wildman–Crippen MR) is 55.2 cm³/mol. The summed E-state index contributed by atoms with van der Waals surface area (Å²) in [6.45, 7) is 1.67. The second kappa shape index (κ2) is 3.15. The third-order valence-electron chi connectivity index (χ3n) is 2.34. The van der Waals surface area contributed by atoms with Gasteiger partial charge < -0.3 is 5.73 Å². The highest BCUT2D eigenvalue weighted by molar-refractivity contribution is 7.95. The molecule has 1 aromatic rings. The van der Waals surface area contributed by atoms with Gasteiger partial charge in [0.15, 0.2) is 0 Å². The fourth-order valence-electron chi connectivity index (χ4n) is 1.67. The molecule has 0 bridgehead atoms. The van der Waals surface area contributed by atoms with E-state index in [1.54, 1.807) is 13.0 Å². The summed E-state index contributed by atoms with van der Waals surface area (Å²) in [5.41, 5.74) is 6.47. The number of rotatable bonds is 1.